The molecule has 1 N–H and O–H groups in total. The van der Waals surface area contributed by atoms with E-state index >= 15 is 0 Å². The van der Waals surface area contributed by atoms with E-state index in [0.717, 1.165) is 19.1 Å². The Morgan fingerprint density at radius 2 is 2.06 bits per heavy atom. The minimum absolute atomic E-state index is 0.818. The van der Waals surface area contributed by atoms with Gasteiger partial charge in [0.1, 0.15) is 0 Å². The predicted octanol–water partition coefficient (Wildman–Crippen LogP) is 2.94. The SMILES string of the molecule is c1cc(CN2CCCSCC2)sc1CNC1CC1. The van der Waals surface area contributed by atoms with Gasteiger partial charge < -0.3 is 5.32 Å². The van der Waals surface area contributed by atoms with Gasteiger partial charge in [0.2, 0.25) is 0 Å². The fraction of sp³-hybridized carbons (Fsp3) is 0.714. The third-order valence-electron chi connectivity index (χ3n) is 3.55. The molecular formula is C14H22N2S2. The Kier molecular flexibility index (Phi) is 4.63. The third kappa shape index (κ3) is 3.98. The van der Waals surface area contributed by atoms with E-state index in [0.29, 0.717) is 0 Å². The van der Waals surface area contributed by atoms with Crippen molar-refractivity contribution in [3.8, 4) is 0 Å². The van der Waals surface area contributed by atoms with Crippen LogP contribution in [0.3, 0.4) is 0 Å². The summed E-state index contributed by atoms with van der Waals surface area (Å²) in [5.74, 6) is 2.65. The maximum atomic E-state index is 3.59. The molecule has 0 atom stereocenters. The van der Waals surface area contributed by atoms with Crippen molar-refractivity contribution >= 4 is 23.1 Å². The molecule has 0 unspecified atom stereocenters. The van der Waals surface area contributed by atoms with Gasteiger partial charge in [-0.15, -0.1) is 11.3 Å². The first-order chi connectivity index (χ1) is 8.90. The van der Waals surface area contributed by atoms with E-state index in [9.17, 15) is 0 Å². The van der Waals surface area contributed by atoms with E-state index in [1.807, 2.05) is 11.3 Å². The Bertz CT molecular complexity index is 366. The maximum absolute atomic E-state index is 3.59. The standard InChI is InChI=1S/C14H22N2S2/c1-6-16(7-9-17-8-1)11-14-5-4-13(18-14)10-15-12-2-3-12/h4-5,12,15H,1-3,6-11H2. The van der Waals surface area contributed by atoms with Gasteiger partial charge in [-0.1, -0.05) is 0 Å². The van der Waals surface area contributed by atoms with Gasteiger partial charge in [0, 0.05) is 41.2 Å². The van der Waals surface area contributed by atoms with Crippen molar-refractivity contribution in [1.82, 2.24) is 10.2 Å². The molecule has 1 aliphatic carbocycles. The lowest BCUT2D eigenvalue weighted by atomic mass is 10.3. The van der Waals surface area contributed by atoms with Gasteiger partial charge in [0.05, 0.1) is 0 Å². The molecule has 100 valence electrons. The van der Waals surface area contributed by atoms with Crippen LogP contribution in [0.15, 0.2) is 12.1 Å². The fourth-order valence-electron chi connectivity index (χ4n) is 2.31. The Hall–Kier alpha value is -0.0300. The largest absolute Gasteiger partial charge is 0.309 e. The van der Waals surface area contributed by atoms with Crippen LogP contribution in [0.25, 0.3) is 0 Å². The lowest BCUT2D eigenvalue weighted by molar-refractivity contribution is 0.290. The van der Waals surface area contributed by atoms with Gasteiger partial charge in [-0.3, -0.25) is 4.90 Å². The second kappa shape index (κ2) is 6.42. The third-order valence-corrected chi connectivity index (χ3v) is 5.67. The van der Waals surface area contributed by atoms with E-state index in [-0.39, 0.29) is 0 Å². The molecule has 0 radical (unpaired) electrons. The monoisotopic (exact) mass is 282 g/mol. The topological polar surface area (TPSA) is 15.3 Å². The van der Waals surface area contributed by atoms with Gasteiger partial charge in [-0.25, -0.2) is 0 Å². The first kappa shape index (κ1) is 13.0. The Labute approximate surface area is 118 Å². The fourth-order valence-corrected chi connectivity index (χ4v) is 4.25. The zero-order valence-electron chi connectivity index (χ0n) is 10.9. The minimum atomic E-state index is 0.818. The predicted molar refractivity (Wildman–Crippen MR) is 81.4 cm³/mol. The molecular weight excluding hydrogens is 260 g/mol. The number of rotatable bonds is 5. The molecule has 1 saturated heterocycles. The van der Waals surface area contributed by atoms with Crippen LogP contribution in [-0.4, -0.2) is 35.5 Å². The lowest BCUT2D eigenvalue weighted by Gasteiger charge is -2.18. The van der Waals surface area contributed by atoms with Crippen molar-refractivity contribution < 1.29 is 0 Å². The molecule has 2 aliphatic rings. The van der Waals surface area contributed by atoms with Crippen molar-refractivity contribution in [2.75, 3.05) is 24.6 Å². The Morgan fingerprint density at radius 3 is 2.94 bits per heavy atom. The van der Waals surface area contributed by atoms with E-state index in [2.05, 4.69) is 34.1 Å². The molecule has 2 nitrogen and oxygen atoms in total. The molecule has 3 rings (SSSR count). The summed E-state index contributed by atoms with van der Waals surface area (Å²) < 4.78 is 0. The number of hydrogen-bond donors (Lipinski definition) is 1. The van der Waals surface area contributed by atoms with Gasteiger partial charge in [0.25, 0.3) is 0 Å². The molecule has 0 bridgehead atoms. The van der Waals surface area contributed by atoms with Crippen LogP contribution < -0.4 is 5.32 Å². The van der Waals surface area contributed by atoms with E-state index in [1.165, 1.54) is 53.6 Å². The zero-order chi connectivity index (χ0) is 12.2. The molecule has 2 heterocycles. The lowest BCUT2D eigenvalue weighted by Crippen LogP contribution is -2.24. The smallest absolute Gasteiger partial charge is 0.0328 e. The van der Waals surface area contributed by atoms with E-state index in [1.54, 1.807) is 0 Å². The first-order valence-corrected chi connectivity index (χ1v) is 8.98. The molecule has 1 aromatic rings. The van der Waals surface area contributed by atoms with Crippen molar-refractivity contribution in [2.24, 2.45) is 0 Å². The zero-order valence-corrected chi connectivity index (χ0v) is 12.5. The average molecular weight is 282 g/mol. The van der Waals surface area contributed by atoms with Crippen LogP contribution in [-0.2, 0) is 13.1 Å². The number of thiophene rings is 1. The second-order valence-electron chi connectivity index (χ2n) is 5.27. The highest BCUT2D eigenvalue weighted by molar-refractivity contribution is 7.99. The van der Waals surface area contributed by atoms with Crippen molar-refractivity contribution in [3.63, 3.8) is 0 Å². The molecule has 1 aliphatic heterocycles. The van der Waals surface area contributed by atoms with Crippen molar-refractivity contribution in [2.45, 2.75) is 38.4 Å². The first-order valence-electron chi connectivity index (χ1n) is 7.01. The molecule has 0 spiro atoms. The van der Waals surface area contributed by atoms with Crippen LogP contribution >= 0.6 is 23.1 Å². The highest BCUT2D eigenvalue weighted by Crippen LogP contribution is 2.23. The average Bonchev–Trinajstić information content (AvgIpc) is 3.14. The summed E-state index contributed by atoms with van der Waals surface area (Å²) in [7, 11) is 0. The van der Waals surface area contributed by atoms with Gasteiger partial charge in [0.15, 0.2) is 0 Å². The normalized spacial score (nSPS) is 22.0. The summed E-state index contributed by atoms with van der Waals surface area (Å²) in [5, 5.41) is 3.59. The van der Waals surface area contributed by atoms with Crippen LogP contribution in [0.5, 0.6) is 0 Å². The van der Waals surface area contributed by atoms with Crippen molar-refractivity contribution in [1.29, 1.82) is 0 Å². The quantitative estimate of drug-likeness (QED) is 0.894. The van der Waals surface area contributed by atoms with E-state index < -0.39 is 0 Å². The Balaban J connectivity index is 1.48. The van der Waals surface area contributed by atoms with Crippen LogP contribution in [0.4, 0.5) is 0 Å². The van der Waals surface area contributed by atoms with E-state index in [4.69, 9.17) is 0 Å². The number of nitrogens with one attached hydrogen (secondary N) is 1. The summed E-state index contributed by atoms with van der Waals surface area (Å²) in [6.07, 6.45) is 4.11. The maximum Gasteiger partial charge on any atom is 0.0328 e. The van der Waals surface area contributed by atoms with Crippen molar-refractivity contribution in [3.05, 3.63) is 21.9 Å². The highest BCUT2D eigenvalue weighted by Gasteiger charge is 2.20. The molecule has 1 aromatic heterocycles. The molecule has 0 aromatic carbocycles. The number of hydrogen-bond acceptors (Lipinski definition) is 4. The molecule has 4 heteroatoms. The number of thioether (sulfide) groups is 1. The summed E-state index contributed by atoms with van der Waals surface area (Å²) in [4.78, 5) is 5.65. The molecule has 2 fully saturated rings. The van der Waals surface area contributed by atoms with Crippen LogP contribution in [0.1, 0.15) is 29.0 Å². The molecule has 0 amide bonds. The van der Waals surface area contributed by atoms with Crippen LogP contribution in [0, 0.1) is 0 Å². The Morgan fingerprint density at radius 1 is 1.17 bits per heavy atom. The highest BCUT2D eigenvalue weighted by atomic mass is 32.2. The second-order valence-corrected chi connectivity index (χ2v) is 7.74. The number of nitrogens with zero attached hydrogens (tertiary/aromatic N) is 1. The molecule has 18 heavy (non-hydrogen) atoms. The van der Waals surface area contributed by atoms with Gasteiger partial charge in [-0.2, -0.15) is 11.8 Å². The van der Waals surface area contributed by atoms with Gasteiger partial charge in [-0.05, 0) is 43.7 Å². The molecule has 1 saturated carbocycles. The summed E-state index contributed by atoms with van der Waals surface area (Å²) in [6, 6.07) is 5.45. The minimum Gasteiger partial charge on any atom is -0.309 e. The van der Waals surface area contributed by atoms with Crippen LogP contribution in [0.2, 0.25) is 0 Å². The van der Waals surface area contributed by atoms with Gasteiger partial charge >= 0.3 is 0 Å². The summed E-state index contributed by atoms with van der Waals surface area (Å²) in [5.41, 5.74) is 0. The summed E-state index contributed by atoms with van der Waals surface area (Å²) >= 11 is 4.10. The summed E-state index contributed by atoms with van der Waals surface area (Å²) in [6.45, 7) is 4.78.